The van der Waals surface area contributed by atoms with Crippen LogP contribution in [-0.4, -0.2) is 25.0 Å². The predicted molar refractivity (Wildman–Crippen MR) is 59.8 cm³/mol. The van der Waals surface area contributed by atoms with Crippen molar-refractivity contribution in [3.63, 3.8) is 0 Å². The first-order valence-electron chi connectivity index (χ1n) is 5.53. The molecular weight excluding hydrogens is 207 g/mol. The van der Waals surface area contributed by atoms with Crippen LogP contribution in [0.25, 0.3) is 0 Å². The van der Waals surface area contributed by atoms with E-state index in [9.17, 15) is 9.18 Å². The largest absolute Gasteiger partial charge is 0.350 e. The van der Waals surface area contributed by atoms with Crippen molar-refractivity contribution in [1.29, 1.82) is 0 Å². The molecule has 4 heteroatoms. The van der Waals surface area contributed by atoms with Gasteiger partial charge in [0.15, 0.2) is 0 Å². The molecule has 86 valence electrons. The van der Waals surface area contributed by atoms with Crippen LogP contribution in [0.1, 0.15) is 23.2 Å². The van der Waals surface area contributed by atoms with E-state index in [0.29, 0.717) is 12.6 Å². The average Bonchev–Trinajstić information content (AvgIpc) is 2.79. The average molecular weight is 222 g/mol. The van der Waals surface area contributed by atoms with Gasteiger partial charge in [-0.05, 0) is 31.5 Å². The summed E-state index contributed by atoms with van der Waals surface area (Å²) in [4.78, 5) is 11.6. The number of carbonyl (C=O) groups excluding carboxylic acids is 1. The van der Waals surface area contributed by atoms with Gasteiger partial charge in [-0.3, -0.25) is 4.79 Å². The van der Waals surface area contributed by atoms with E-state index >= 15 is 0 Å². The fraction of sp³-hybridized carbons (Fsp3) is 0.417. The molecule has 1 fully saturated rings. The van der Waals surface area contributed by atoms with Gasteiger partial charge in [-0.25, -0.2) is 4.39 Å². The Hall–Kier alpha value is -1.42. The molecule has 1 atom stereocenters. The van der Waals surface area contributed by atoms with E-state index in [4.69, 9.17) is 0 Å². The van der Waals surface area contributed by atoms with Crippen molar-refractivity contribution in [2.75, 3.05) is 13.1 Å². The Morgan fingerprint density at radius 3 is 3.00 bits per heavy atom. The van der Waals surface area contributed by atoms with Crippen LogP contribution < -0.4 is 10.6 Å². The Bertz CT molecular complexity index is 375. The maximum absolute atomic E-state index is 13.3. The highest BCUT2D eigenvalue weighted by Gasteiger charge is 2.16. The molecule has 3 nitrogen and oxygen atoms in total. The zero-order valence-corrected chi connectivity index (χ0v) is 9.00. The molecule has 0 aromatic heterocycles. The zero-order chi connectivity index (χ0) is 11.4. The quantitative estimate of drug-likeness (QED) is 0.809. The van der Waals surface area contributed by atoms with Gasteiger partial charge in [-0.15, -0.1) is 0 Å². The number of carbonyl (C=O) groups is 1. The fourth-order valence-electron chi connectivity index (χ4n) is 1.89. The molecule has 1 aliphatic rings. The lowest BCUT2D eigenvalue weighted by Crippen LogP contribution is -2.37. The third kappa shape index (κ3) is 2.58. The molecule has 1 aromatic carbocycles. The van der Waals surface area contributed by atoms with Crippen LogP contribution in [0.4, 0.5) is 4.39 Å². The summed E-state index contributed by atoms with van der Waals surface area (Å²) >= 11 is 0. The van der Waals surface area contributed by atoms with Crippen molar-refractivity contribution in [2.24, 2.45) is 0 Å². The lowest BCUT2D eigenvalue weighted by atomic mass is 10.2. The van der Waals surface area contributed by atoms with E-state index in [2.05, 4.69) is 10.6 Å². The van der Waals surface area contributed by atoms with Gasteiger partial charge in [0.2, 0.25) is 0 Å². The second-order valence-corrected chi connectivity index (χ2v) is 3.98. The third-order valence-corrected chi connectivity index (χ3v) is 2.79. The van der Waals surface area contributed by atoms with Crippen LogP contribution in [0.2, 0.25) is 0 Å². The number of hydrogen-bond acceptors (Lipinski definition) is 2. The molecule has 0 saturated carbocycles. The minimum Gasteiger partial charge on any atom is -0.350 e. The fourth-order valence-corrected chi connectivity index (χ4v) is 1.89. The highest BCUT2D eigenvalue weighted by Crippen LogP contribution is 2.07. The minimum atomic E-state index is -0.473. The second kappa shape index (κ2) is 5.07. The summed E-state index contributed by atoms with van der Waals surface area (Å²) in [5.41, 5.74) is 0.112. The number of rotatable bonds is 3. The van der Waals surface area contributed by atoms with Crippen LogP contribution >= 0.6 is 0 Å². The number of halogens is 1. The Morgan fingerprint density at radius 2 is 2.31 bits per heavy atom. The van der Waals surface area contributed by atoms with Crippen LogP contribution in [0, 0.1) is 5.82 Å². The minimum absolute atomic E-state index is 0.112. The molecule has 0 spiro atoms. The second-order valence-electron chi connectivity index (χ2n) is 3.98. The molecule has 0 unspecified atom stereocenters. The lowest BCUT2D eigenvalue weighted by Gasteiger charge is -2.11. The highest BCUT2D eigenvalue weighted by molar-refractivity contribution is 5.94. The number of benzene rings is 1. The molecule has 1 amide bonds. The highest BCUT2D eigenvalue weighted by atomic mass is 19.1. The SMILES string of the molecule is O=C(NC[C@H]1CCCN1)c1ccccc1F. The predicted octanol–water partition coefficient (Wildman–Crippen LogP) is 1.31. The van der Waals surface area contributed by atoms with E-state index in [1.165, 1.54) is 12.1 Å². The molecule has 1 saturated heterocycles. The van der Waals surface area contributed by atoms with Crippen LogP contribution in [0.5, 0.6) is 0 Å². The van der Waals surface area contributed by atoms with Crippen molar-refractivity contribution < 1.29 is 9.18 Å². The van der Waals surface area contributed by atoms with E-state index in [1.807, 2.05) is 0 Å². The first-order valence-corrected chi connectivity index (χ1v) is 5.53. The standard InChI is InChI=1S/C12H15FN2O/c13-11-6-2-1-5-10(11)12(16)15-8-9-4-3-7-14-9/h1-2,5-6,9,14H,3-4,7-8H2,(H,15,16)/t9-/m1/s1. The molecular formula is C12H15FN2O. The molecule has 16 heavy (non-hydrogen) atoms. The van der Waals surface area contributed by atoms with Crippen molar-refractivity contribution in [3.8, 4) is 0 Å². The summed E-state index contributed by atoms with van der Waals surface area (Å²) < 4.78 is 13.3. The number of nitrogens with one attached hydrogen (secondary N) is 2. The Kier molecular flexibility index (Phi) is 3.51. The maximum Gasteiger partial charge on any atom is 0.254 e. The molecule has 1 heterocycles. The third-order valence-electron chi connectivity index (χ3n) is 2.79. The summed E-state index contributed by atoms with van der Waals surface area (Å²) in [6, 6.07) is 6.35. The monoisotopic (exact) mass is 222 g/mol. The molecule has 2 N–H and O–H groups in total. The van der Waals surface area contributed by atoms with Gasteiger partial charge in [-0.1, -0.05) is 12.1 Å². The molecule has 1 aliphatic heterocycles. The molecule has 2 rings (SSSR count). The van der Waals surface area contributed by atoms with Gasteiger partial charge in [0.1, 0.15) is 5.82 Å². The summed E-state index contributed by atoms with van der Waals surface area (Å²) in [7, 11) is 0. The Morgan fingerprint density at radius 1 is 1.50 bits per heavy atom. The van der Waals surface area contributed by atoms with Crippen molar-refractivity contribution >= 4 is 5.91 Å². The van der Waals surface area contributed by atoms with E-state index in [0.717, 1.165) is 19.4 Å². The van der Waals surface area contributed by atoms with Gasteiger partial charge >= 0.3 is 0 Å². The summed E-state index contributed by atoms with van der Waals surface area (Å²) in [5, 5.41) is 6.01. The van der Waals surface area contributed by atoms with Gasteiger partial charge in [0.25, 0.3) is 5.91 Å². The topological polar surface area (TPSA) is 41.1 Å². The molecule has 0 radical (unpaired) electrons. The Balaban J connectivity index is 1.90. The van der Waals surface area contributed by atoms with Crippen molar-refractivity contribution in [2.45, 2.75) is 18.9 Å². The summed E-state index contributed by atoms with van der Waals surface area (Å²) in [6.07, 6.45) is 2.21. The van der Waals surface area contributed by atoms with Gasteiger partial charge in [0, 0.05) is 12.6 Å². The summed E-state index contributed by atoms with van der Waals surface area (Å²) in [6.45, 7) is 1.56. The first kappa shape index (κ1) is 11.1. The molecule has 0 bridgehead atoms. The van der Waals surface area contributed by atoms with Gasteiger partial charge in [-0.2, -0.15) is 0 Å². The van der Waals surface area contributed by atoms with Gasteiger partial charge < -0.3 is 10.6 Å². The van der Waals surface area contributed by atoms with Crippen molar-refractivity contribution in [3.05, 3.63) is 35.6 Å². The van der Waals surface area contributed by atoms with Crippen LogP contribution in [-0.2, 0) is 0 Å². The first-order chi connectivity index (χ1) is 7.77. The van der Waals surface area contributed by atoms with E-state index in [-0.39, 0.29) is 11.5 Å². The summed E-state index contributed by atoms with van der Waals surface area (Å²) in [5.74, 6) is -0.814. The normalized spacial score (nSPS) is 19.7. The number of amides is 1. The maximum atomic E-state index is 13.3. The molecule has 0 aliphatic carbocycles. The van der Waals surface area contributed by atoms with Crippen LogP contribution in [0.3, 0.4) is 0 Å². The van der Waals surface area contributed by atoms with Gasteiger partial charge in [0.05, 0.1) is 5.56 Å². The van der Waals surface area contributed by atoms with Crippen molar-refractivity contribution in [1.82, 2.24) is 10.6 Å². The number of hydrogen-bond donors (Lipinski definition) is 2. The lowest BCUT2D eigenvalue weighted by molar-refractivity contribution is 0.0946. The van der Waals surface area contributed by atoms with E-state index < -0.39 is 5.82 Å². The van der Waals surface area contributed by atoms with E-state index in [1.54, 1.807) is 12.1 Å². The van der Waals surface area contributed by atoms with Crippen LogP contribution in [0.15, 0.2) is 24.3 Å². The smallest absolute Gasteiger partial charge is 0.254 e. The molecule has 1 aromatic rings. The zero-order valence-electron chi connectivity index (χ0n) is 9.00. The Labute approximate surface area is 94.0 Å².